The maximum Gasteiger partial charge on any atom is 0.110 e. The van der Waals surface area contributed by atoms with Gasteiger partial charge in [0.25, 0.3) is 0 Å². The van der Waals surface area contributed by atoms with E-state index >= 15 is 0 Å². The third-order valence-corrected chi connectivity index (χ3v) is 2.70. The van der Waals surface area contributed by atoms with Crippen LogP contribution in [0.1, 0.15) is 53.4 Å². The minimum Gasteiger partial charge on any atom is -0.311 e. The second-order valence-corrected chi connectivity index (χ2v) is 4.15. The zero-order valence-electron chi connectivity index (χ0n) is 10.1. The zero-order chi connectivity index (χ0) is 11.0. The summed E-state index contributed by atoms with van der Waals surface area (Å²) in [7, 11) is 0. The van der Waals surface area contributed by atoms with Crippen molar-refractivity contribution in [1.82, 2.24) is 5.32 Å². The molecule has 0 aromatic carbocycles. The Morgan fingerprint density at radius 1 is 1.21 bits per heavy atom. The van der Waals surface area contributed by atoms with E-state index in [1.165, 1.54) is 25.7 Å². The van der Waals surface area contributed by atoms with Crippen LogP contribution in [0.25, 0.3) is 0 Å². The van der Waals surface area contributed by atoms with Crippen molar-refractivity contribution in [3.05, 3.63) is 0 Å². The zero-order valence-corrected chi connectivity index (χ0v) is 10.1. The first-order chi connectivity index (χ1) is 6.68. The van der Waals surface area contributed by atoms with Crippen molar-refractivity contribution in [3.63, 3.8) is 0 Å². The van der Waals surface area contributed by atoms with E-state index in [1.807, 2.05) is 13.8 Å². The van der Waals surface area contributed by atoms with Crippen LogP contribution in [0.5, 0.6) is 0 Å². The van der Waals surface area contributed by atoms with Crippen molar-refractivity contribution < 1.29 is 4.39 Å². The number of hydrogen-bond donors (Lipinski definition) is 1. The molecule has 0 amide bonds. The van der Waals surface area contributed by atoms with Gasteiger partial charge in [-0.25, -0.2) is 4.39 Å². The standard InChI is InChI=1S/C10H20FN.C2H6/c1-8-3-5-10(6-4-8)12-7-9(2)11;1-2/h8-10,12H,3-7H2,1-2H3;1-2H3. The highest BCUT2D eigenvalue weighted by Crippen LogP contribution is 2.23. The second kappa shape index (κ2) is 8.22. The van der Waals surface area contributed by atoms with Crippen LogP contribution < -0.4 is 5.32 Å². The van der Waals surface area contributed by atoms with Gasteiger partial charge in [0.05, 0.1) is 0 Å². The normalized spacial score (nSPS) is 28.9. The van der Waals surface area contributed by atoms with Crippen molar-refractivity contribution >= 4 is 0 Å². The minimum absolute atomic E-state index is 0.527. The highest BCUT2D eigenvalue weighted by Gasteiger charge is 2.17. The van der Waals surface area contributed by atoms with Crippen LogP contribution in [0.2, 0.25) is 0 Å². The summed E-state index contributed by atoms with van der Waals surface area (Å²) in [5.41, 5.74) is 0. The Morgan fingerprint density at radius 3 is 2.14 bits per heavy atom. The van der Waals surface area contributed by atoms with Gasteiger partial charge in [-0.3, -0.25) is 0 Å². The molecule has 1 unspecified atom stereocenters. The van der Waals surface area contributed by atoms with Gasteiger partial charge < -0.3 is 5.32 Å². The number of rotatable bonds is 3. The van der Waals surface area contributed by atoms with Gasteiger partial charge in [0.2, 0.25) is 0 Å². The van der Waals surface area contributed by atoms with Gasteiger partial charge in [0.1, 0.15) is 6.17 Å². The molecule has 1 saturated carbocycles. The smallest absolute Gasteiger partial charge is 0.110 e. The third kappa shape index (κ3) is 6.36. The molecule has 0 aromatic heterocycles. The first kappa shape index (κ1) is 13.9. The first-order valence-electron chi connectivity index (χ1n) is 6.06. The summed E-state index contributed by atoms with van der Waals surface area (Å²) < 4.78 is 12.5. The molecule has 0 saturated heterocycles. The molecule has 1 aliphatic rings. The van der Waals surface area contributed by atoms with E-state index in [0.717, 1.165) is 5.92 Å². The average Bonchev–Trinajstić information content (AvgIpc) is 2.20. The Labute approximate surface area is 88.5 Å². The summed E-state index contributed by atoms with van der Waals surface area (Å²) in [4.78, 5) is 0. The highest BCUT2D eigenvalue weighted by atomic mass is 19.1. The molecule has 0 aliphatic heterocycles. The van der Waals surface area contributed by atoms with Gasteiger partial charge in [0.15, 0.2) is 0 Å². The fraction of sp³-hybridized carbons (Fsp3) is 1.00. The summed E-state index contributed by atoms with van der Waals surface area (Å²) in [5.74, 6) is 0.880. The van der Waals surface area contributed by atoms with E-state index in [9.17, 15) is 4.39 Å². The van der Waals surface area contributed by atoms with Crippen LogP contribution in [0, 0.1) is 5.92 Å². The van der Waals surface area contributed by atoms with Crippen LogP contribution in [0.15, 0.2) is 0 Å². The van der Waals surface area contributed by atoms with Crippen molar-refractivity contribution in [2.75, 3.05) is 6.54 Å². The number of hydrogen-bond acceptors (Lipinski definition) is 1. The topological polar surface area (TPSA) is 12.0 Å². The third-order valence-electron chi connectivity index (χ3n) is 2.70. The summed E-state index contributed by atoms with van der Waals surface area (Å²) in [6, 6.07) is 0.583. The molecular weight excluding hydrogens is 177 g/mol. The monoisotopic (exact) mass is 203 g/mol. The Kier molecular flexibility index (Phi) is 8.15. The van der Waals surface area contributed by atoms with E-state index in [2.05, 4.69) is 12.2 Å². The minimum atomic E-state index is -0.704. The Bertz CT molecular complexity index is 117. The maximum absolute atomic E-state index is 12.5. The van der Waals surface area contributed by atoms with Crippen molar-refractivity contribution in [2.24, 2.45) is 5.92 Å². The molecule has 0 radical (unpaired) electrons. The predicted octanol–water partition coefficient (Wildman–Crippen LogP) is 3.54. The Morgan fingerprint density at radius 2 is 1.71 bits per heavy atom. The van der Waals surface area contributed by atoms with Crippen molar-refractivity contribution in [3.8, 4) is 0 Å². The van der Waals surface area contributed by atoms with E-state index in [-0.39, 0.29) is 0 Å². The number of alkyl halides is 1. The molecule has 1 nitrogen and oxygen atoms in total. The lowest BCUT2D eigenvalue weighted by molar-refractivity contribution is 0.274. The SMILES string of the molecule is CC.CC(F)CNC1CCC(C)CC1. The molecule has 1 N–H and O–H groups in total. The van der Waals surface area contributed by atoms with Crippen molar-refractivity contribution in [1.29, 1.82) is 0 Å². The average molecular weight is 203 g/mol. The summed E-state index contributed by atoms with van der Waals surface area (Å²) in [5, 5.41) is 3.27. The van der Waals surface area contributed by atoms with E-state index in [4.69, 9.17) is 0 Å². The van der Waals surface area contributed by atoms with E-state index < -0.39 is 6.17 Å². The lowest BCUT2D eigenvalue weighted by Crippen LogP contribution is -2.35. The van der Waals surface area contributed by atoms with Crippen LogP contribution in [0.4, 0.5) is 4.39 Å². The fourth-order valence-electron chi connectivity index (χ4n) is 1.79. The molecular formula is C12H26FN. The van der Waals surface area contributed by atoms with Crippen LogP contribution in [-0.4, -0.2) is 18.8 Å². The lowest BCUT2D eigenvalue weighted by Gasteiger charge is -2.27. The molecule has 1 rings (SSSR count). The molecule has 0 aromatic rings. The second-order valence-electron chi connectivity index (χ2n) is 4.15. The molecule has 1 atom stereocenters. The van der Waals surface area contributed by atoms with Gasteiger partial charge in [0, 0.05) is 12.6 Å². The fourth-order valence-corrected chi connectivity index (χ4v) is 1.79. The summed E-state index contributed by atoms with van der Waals surface area (Å²) in [6.07, 6.45) is 4.36. The van der Waals surface area contributed by atoms with Crippen LogP contribution >= 0.6 is 0 Å². The Balaban J connectivity index is 0.000000791. The largest absolute Gasteiger partial charge is 0.311 e. The molecule has 0 heterocycles. The first-order valence-corrected chi connectivity index (χ1v) is 6.06. The predicted molar refractivity (Wildman–Crippen MR) is 61.3 cm³/mol. The van der Waals surface area contributed by atoms with Gasteiger partial charge in [-0.15, -0.1) is 0 Å². The van der Waals surface area contributed by atoms with Gasteiger partial charge in [-0.2, -0.15) is 0 Å². The quantitative estimate of drug-likeness (QED) is 0.740. The molecule has 1 fully saturated rings. The van der Waals surface area contributed by atoms with Gasteiger partial charge in [-0.1, -0.05) is 20.8 Å². The van der Waals surface area contributed by atoms with E-state index in [1.54, 1.807) is 6.92 Å². The molecule has 0 bridgehead atoms. The number of nitrogens with one attached hydrogen (secondary N) is 1. The van der Waals surface area contributed by atoms with Crippen molar-refractivity contribution in [2.45, 2.75) is 65.6 Å². The highest BCUT2D eigenvalue weighted by molar-refractivity contribution is 4.75. The van der Waals surface area contributed by atoms with Gasteiger partial charge in [-0.05, 0) is 38.5 Å². The molecule has 1 aliphatic carbocycles. The lowest BCUT2D eigenvalue weighted by atomic mass is 9.87. The summed E-state index contributed by atoms with van der Waals surface area (Å²) in [6.45, 7) is 8.44. The summed E-state index contributed by atoms with van der Waals surface area (Å²) >= 11 is 0. The number of halogens is 1. The molecule has 86 valence electrons. The Hall–Kier alpha value is -0.110. The van der Waals surface area contributed by atoms with Crippen LogP contribution in [0.3, 0.4) is 0 Å². The van der Waals surface area contributed by atoms with Gasteiger partial charge >= 0.3 is 0 Å². The molecule has 0 spiro atoms. The molecule has 2 heteroatoms. The van der Waals surface area contributed by atoms with Crippen LogP contribution in [-0.2, 0) is 0 Å². The maximum atomic E-state index is 12.5. The molecule has 14 heavy (non-hydrogen) atoms. The van der Waals surface area contributed by atoms with E-state index in [0.29, 0.717) is 12.6 Å².